The van der Waals surface area contributed by atoms with Gasteiger partial charge in [0.25, 0.3) is 5.91 Å². The summed E-state index contributed by atoms with van der Waals surface area (Å²) in [6.07, 6.45) is 0.608. The third kappa shape index (κ3) is 2.96. The lowest BCUT2D eigenvalue weighted by molar-refractivity contribution is 0.0713. The largest absolute Gasteiger partial charge is 0.391 e. The van der Waals surface area contributed by atoms with E-state index in [1.807, 2.05) is 6.07 Å². The van der Waals surface area contributed by atoms with Crippen molar-refractivity contribution in [1.29, 1.82) is 5.26 Å². The van der Waals surface area contributed by atoms with Crippen molar-refractivity contribution in [2.45, 2.75) is 18.6 Å². The molecule has 1 aromatic carbocycles. The zero-order chi connectivity index (χ0) is 17.3. The highest BCUT2D eigenvalue weighted by molar-refractivity contribution is 5.95. The second-order valence-electron chi connectivity index (χ2n) is 5.57. The highest BCUT2D eigenvalue weighted by Crippen LogP contribution is 2.35. The van der Waals surface area contributed by atoms with Gasteiger partial charge in [-0.2, -0.15) is 5.26 Å². The number of aliphatic hydroxyl groups excluding tert-OH is 1. The molecule has 2 heterocycles. The third-order valence-corrected chi connectivity index (χ3v) is 3.98. The molecule has 1 fully saturated rings. The minimum Gasteiger partial charge on any atom is -0.391 e. The number of rotatable bonds is 2. The molecule has 1 saturated heterocycles. The van der Waals surface area contributed by atoms with E-state index in [0.29, 0.717) is 0 Å². The Morgan fingerprint density at radius 3 is 2.88 bits per heavy atom. The quantitative estimate of drug-likeness (QED) is 0.916. The van der Waals surface area contributed by atoms with Crippen LogP contribution in [0.3, 0.4) is 0 Å². The molecule has 0 radical (unpaired) electrons. The van der Waals surface area contributed by atoms with Crippen molar-refractivity contribution in [3.63, 3.8) is 0 Å². The predicted molar refractivity (Wildman–Crippen MR) is 79.7 cm³/mol. The number of carbonyl (C=O) groups is 1. The van der Waals surface area contributed by atoms with Crippen molar-refractivity contribution in [2.24, 2.45) is 0 Å². The molecule has 0 unspecified atom stereocenters. The summed E-state index contributed by atoms with van der Waals surface area (Å²) in [5, 5.41) is 18.8. The second kappa shape index (κ2) is 6.34. The summed E-state index contributed by atoms with van der Waals surface area (Å²) < 4.78 is 27.5. The molecule has 2 aromatic rings. The van der Waals surface area contributed by atoms with Gasteiger partial charge in [0.1, 0.15) is 23.4 Å². The number of aromatic nitrogens is 1. The zero-order valence-corrected chi connectivity index (χ0v) is 12.5. The number of halogens is 2. The molecule has 2 atom stereocenters. The first-order valence-corrected chi connectivity index (χ1v) is 7.29. The number of nitriles is 1. The molecule has 0 spiro atoms. The van der Waals surface area contributed by atoms with E-state index in [2.05, 4.69) is 4.98 Å². The van der Waals surface area contributed by atoms with Gasteiger partial charge < -0.3 is 10.0 Å². The van der Waals surface area contributed by atoms with E-state index < -0.39 is 29.7 Å². The molecule has 1 N–H and O–H groups in total. The molecule has 7 heteroatoms. The molecule has 0 bridgehead atoms. The van der Waals surface area contributed by atoms with Gasteiger partial charge >= 0.3 is 0 Å². The van der Waals surface area contributed by atoms with Gasteiger partial charge in [-0.05, 0) is 36.8 Å². The van der Waals surface area contributed by atoms with Gasteiger partial charge in [-0.1, -0.05) is 0 Å². The Bertz CT molecular complexity index is 835. The molecule has 1 amide bonds. The summed E-state index contributed by atoms with van der Waals surface area (Å²) in [4.78, 5) is 17.8. The van der Waals surface area contributed by atoms with E-state index >= 15 is 0 Å². The maximum atomic E-state index is 14.1. The number of carbonyl (C=O) groups excluding carboxylic acids is 1. The van der Waals surface area contributed by atoms with Crippen molar-refractivity contribution in [3.05, 3.63) is 65.0 Å². The van der Waals surface area contributed by atoms with Crippen LogP contribution in [-0.2, 0) is 0 Å². The normalized spacial score (nSPS) is 20.0. The van der Waals surface area contributed by atoms with Gasteiger partial charge in [-0.25, -0.2) is 13.8 Å². The standard InChI is InChI=1S/C17H13F2N3O2/c18-11-1-2-15(19)14(6-11)16-7-13(23)9-22(16)17(24)10-3-4-21-12(5-10)8-20/h1-6,13,16,23H,7,9H2/t13-,16-/m0/s1. The van der Waals surface area contributed by atoms with Gasteiger partial charge in [0.15, 0.2) is 0 Å². The van der Waals surface area contributed by atoms with Crippen LogP contribution in [-0.4, -0.2) is 33.5 Å². The number of aliphatic hydroxyl groups is 1. The average Bonchev–Trinajstić information content (AvgIpc) is 2.98. The smallest absolute Gasteiger partial charge is 0.254 e. The summed E-state index contributed by atoms with van der Waals surface area (Å²) in [7, 11) is 0. The number of amides is 1. The molecule has 0 saturated carbocycles. The third-order valence-electron chi connectivity index (χ3n) is 3.98. The molecular weight excluding hydrogens is 316 g/mol. The van der Waals surface area contributed by atoms with Gasteiger partial charge in [-0.15, -0.1) is 0 Å². The van der Waals surface area contributed by atoms with Crippen molar-refractivity contribution < 1.29 is 18.7 Å². The van der Waals surface area contributed by atoms with E-state index in [-0.39, 0.29) is 29.8 Å². The fraction of sp³-hybridized carbons (Fsp3) is 0.235. The molecule has 1 aliphatic rings. The monoisotopic (exact) mass is 329 g/mol. The van der Waals surface area contributed by atoms with Crippen LogP contribution in [0, 0.1) is 23.0 Å². The lowest BCUT2D eigenvalue weighted by atomic mass is 10.0. The van der Waals surface area contributed by atoms with Gasteiger partial charge in [0, 0.05) is 23.9 Å². The van der Waals surface area contributed by atoms with Crippen LogP contribution in [0.2, 0.25) is 0 Å². The van der Waals surface area contributed by atoms with E-state index in [4.69, 9.17) is 5.26 Å². The summed E-state index contributed by atoms with van der Waals surface area (Å²) in [5.41, 5.74) is 0.306. The van der Waals surface area contributed by atoms with Gasteiger partial charge in [-0.3, -0.25) is 4.79 Å². The number of nitrogens with zero attached hydrogens (tertiary/aromatic N) is 3. The van der Waals surface area contributed by atoms with Crippen LogP contribution in [0.25, 0.3) is 0 Å². The van der Waals surface area contributed by atoms with Crippen LogP contribution in [0.4, 0.5) is 8.78 Å². The molecule has 24 heavy (non-hydrogen) atoms. The number of hydrogen-bond acceptors (Lipinski definition) is 4. The maximum absolute atomic E-state index is 14.1. The highest BCUT2D eigenvalue weighted by atomic mass is 19.1. The summed E-state index contributed by atoms with van der Waals surface area (Å²) >= 11 is 0. The molecule has 5 nitrogen and oxygen atoms in total. The fourth-order valence-corrected chi connectivity index (χ4v) is 2.89. The average molecular weight is 329 g/mol. The van der Waals surface area contributed by atoms with Crippen molar-refractivity contribution in [2.75, 3.05) is 6.54 Å². The van der Waals surface area contributed by atoms with Crippen LogP contribution in [0.15, 0.2) is 36.5 Å². The SMILES string of the molecule is N#Cc1cc(C(=O)N2C[C@@H](O)C[C@H]2c2cc(F)ccc2F)ccn1. The number of likely N-dealkylation sites (tertiary alicyclic amines) is 1. The number of benzene rings is 1. The van der Waals surface area contributed by atoms with Crippen LogP contribution >= 0.6 is 0 Å². The lowest BCUT2D eigenvalue weighted by Gasteiger charge is -2.25. The van der Waals surface area contributed by atoms with E-state index in [1.54, 1.807) is 0 Å². The summed E-state index contributed by atoms with van der Waals surface area (Å²) in [6, 6.07) is 6.86. The van der Waals surface area contributed by atoms with E-state index in [9.17, 15) is 18.7 Å². The fourth-order valence-electron chi connectivity index (χ4n) is 2.89. The maximum Gasteiger partial charge on any atom is 0.254 e. The highest BCUT2D eigenvalue weighted by Gasteiger charge is 2.37. The molecule has 3 rings (SSSR count). The Morgan fingerprint density at radius 1 is 1.33 bits per heavy atom. The Hall–Kier alpha value is -2.85. The first-order chi connectivity index (χ1) is 11.5. The number of hydrogen-bond donors (Lipinski definition) is 1. The number of pyridine rings is 1. The first kappa shape index (κ1) is 16.0. The van der Waals surface area contributed by atoms with E-state index in [0.717, 1.165) is 18.2 Å². The topological polar surface area (TPSA) is 77.2 Å². The molecular formula is C17H13F2N3O2. The summed E-state index contributed by atoms with van der Waals surface area (Å²) in [5.74, 6) is -1.73. The second-order valence-corrected chi connectivity index (χ2v) is 5.57. The van der Waals surface area contributed by atoms with Crippen LogP contribution < -0.4 is 0 Å². The first-order valence-electron chi connectivity index (χ1n) is 7.29. The van der Waals surface area contributed by atoms with Crippen molar-refractivity contribution >= 4 is 5.91 Å². The zero-order valence-electron chi connectivity index (χ0n) is 12.5. The Morgan fingerprint density at radius 2 is 2.12 bits per heavy atom. The number of β-amino-alcohol motifs (C(OH)–C–C–N with tert-alkyl or cyclic N) is 1. The van der Waals surface area contributed by atoms with Gasteiger partial charge in [0.05, 0.1) is 12.1 Å². The minimum atomic E-state index is -0.834. The molecule has 0 aliphatic carbocycles. The van der Waals surface area contributed by atoms with Crippen LogP contribution in [0.1, 0.15) is 34.1 Å². The minimum absolute atomic E-state index is 0.00363. The Labute approximate surface area is 136 Å². The van der Waals surface area contributed by atoms with E-state index in [1.165, 1.54) is 23.2 Å². The van der Waals surface area contributed by atoms with Gasteiger partial charge in [0.2, 0.25) is 0 Å². The Balaban J connectivity index is 1.97. The lowest BCUT2D eigenvalue weighted by Crippen LogP contribution is -2.32. The summed E-state index contributed by atoms with van der Waals surface area (Å²) in [6.45, 7) is 0.00363. The molecule has 1 aromatic heterocycles. The Kier molecular flexibility index (Phi) is 4.23. The molecule has 1 aliphatic heterocycles. The predicted octanol–water partition coefficient (Wildman–Crippen LogP) is 2.18. The van der Waals surface area contributed by atoms with Crippen LogP contribution in [0.5, 0.6) is 0 Å². The van der Waals surface area contributed by atoms with Crippen molar-refractivity contribution in [3.8, 4) is 6.07 Å². The molecule has 122 valence electrons. The van der Waals surface area contributed by atoms with Crippen molar-refractivity contribution in [1.82, 2.24) is 9.88 Å².